The first-order chi connectivity index (χ1) is 11.1. The summed E-state index contributed by atoms with van der Waals surface area (Å²) >= 11 is 0. The molecule has 1 amide bonds. The molecule has 1 aromatic carbocycles. The Morgan fingerprint density at radius 3 is 2.74 bits per heavy atom. The first-order valence-corrected chi connectivity index (χ1v) is 7.40. The van der Waals surface area contributed by atoms with Crippen molar-refractivity contribution >= 4 is 5.91 Å². The van der Waals surface area contributed by atoms with Crippen molar-refractivity contribution in [2.24, 2.45) is 0 Å². The first-order valence-electron chi connectivity index (χ1n) is 7.40. The molecule has 2 N–H and O–H groups in total. The van der Waals surface area contributed by atoms with Crippen LogP contribution in [0.25, 0.3) is 11.5 Å². The number of carbonyl (C=O) groups excluding carboxylic acids is 1. The van der Waals surface area contributed by atoms with Crippen LogP contribution in [0.15, 0.2) is 41.0 Å². The largest absolute Gasteiger partial charge is 0.444 e. The van der Waals surface area contributed by atoms with E-state index < -0.39 is 0 Å². The zero-order valence-electron chi connectivity index (χ0n) is 13.1. The second-order valence-electron chi connectivity index (χ2n) is 5.38. The number of hydrogen-bond donors (Lipinski definition) is 2. The Hall–Kier alpha value is -2.89. The highest BCUT2D eigenvalue weighted by Gasteiger charge is 2.12. The number of amides is 1. The monoisotopic (exact) mass is 310 g/mol. The fourth-order valence-electron chi connectivity index (χ4n) is 2.35. The SMILES string of the molecule is Cc1n[nH]c(C)c1CNC(=O)Cc1coc(-c2ccccc2)n1. The van der Waals surface area contributed by atoms with Gasteiger partial charge in [-0.2, -0.15) is 5.10 Å². The quantitative estimate of drug-likeness (QED) is 0.758. The molecule has 0 atom stereocenters. The summed E-state index contributed by atoms with van der Waals surface area (Å²) in [4.78, 5) is 16.4. The van der Waals surface area contributed by atoms with Gasteiger partial charge in [0.2, 0.25) is 11.8 Å². The summed E-state index contributed by atoms with van der Waals surface area (Å²) in [6.07, 6.45) is 1.71. The molecule has 0 aliphatic rings. The molecule has 3 rings (SSSR count). The molecule has 23 heavy (non-hydrogen) atoms. The average Bonchev–Trinajstić information content (AvgIpc) is 3.14. The molecule has 3 aromatic rings. The molecular formula is C17H18N4O2. The minimum absolute atomic E-state index is 0.0992. The van der Waals surface area contributed by atoms with Crippen LogP contribution in [0.5, 0.6) is 0 Å². The topological polar surface area (TPSA) is 83.8 Å². The third kappa shape index (κ3) is 3.48. The Labute approximate surface area is 133 Å². The van der Waals surface area contributed by atoms with Crippen molar-refractivity contribution in [3.63, 3.8) is 0 Å². The summed E-state index contributed by atoms with van der Waals surface area (Å²) in [5.74, 6) is 0.424. The van der Waals surface area contributed by atoms with Gasteiger partial charge in [-0.3, -0.25) is 9.89 Å². The molecular weight excluding hydrogens is 292 g/mol. The average molecular weight is 310 g/mol. The lowest BCUT2D eigenvalue weighted by atomic mass is 10.2. The van der Waals surface area contributed by atoms with E-state index in [-0.39, 0.29) is 12.3 Å². The Morgan fingerprint density at radius 2 is 2.04 bits per heavy atom. The summed E-state index contributed by atoms with van der Waals surface area (Å²) in [7, 11) is 0. The van der Waals surface area contributed by atoms with E-state index in [4.69, 9.17) is 4.42 Å². The predicted octanol–water partition coefficient (Wildman–Crippen LogP) is 2.54. The highest BCUT2D eigenvalue weighted by molar-refractivity contribution is 5.78. The van der Waals surface area contributed by atoms with Crippen LogP contribution in [0, 0.1) is 13.8 Å². The van der Waals surface area contributed by atoms with Gasteiger partial charge in [-0.1, -0.05) is 18.2 Å². The van der Waals surface area contributed by atoms with Crippen LogP contribution in [-0.2, 0) is 17.8 Å². The molecule has 0 unspecified atom stereocenters. The minimum Gasteiger partial charge on any atom is -0.444 e. The molecule has 0 spiro atoms. The maximum atomic E-state index is 12.1. The molecule has 0 radical (unpaired) electrons. The zero-order valence-corrected chi connectivity index (χ0v) is 13.1. The van der Waals surface area contributed by atoms with E-state index in [2.05, 4.69) is 20.5 Å². The van der Waals surface area contributed by atoms with Crippen LogP contribution >= 0.6 is 0 Å². The van der Waals surface area contributed by atoms with Gasteiger partial charge in [0.15, 0.2) is 0 Å². The maximum absolute atomic E-state index is 12.1. The standard InChI is InChI=1S/C17H18N4O2/c1-11-15(12(2)21-20-11)9-18-16(22)8-14-10-23-17(19-14)13-6-4-3-5-7-13/h3-7,10H,8-9H2,1-2H3,(H,18,22)(H,20,21). The Balaban J connectivity index is 1.59. The lowest BCUT2D eigenvalue weighted by Crippen LogP contribution is -2.25. The van der Waals surface area contributed by atoms with Crippen LogP contribution in [-0.4, -0.2) is 21.1 Å². The lowest BCUT2D eigenvalue weighted by Gasteiger charge is -2.04. The molecule has 0 fully saturated rings. The number of hydrogen-bond acceptors (Lipinski definition) is 4. The van der Waals surface area contributed by atoms with Crippen molar-refractivity contribution in [2.45, 2.75) is 26.8 Å². The van der Waals surface area contributed by atoms with Crippen molar-refractivity contribution in [1.82, 2.24) is 20.5 Å². The van der Waals surface area contributed by atoms with Crippen LogP contribution < -0.4 is 5.32 Å². The zero-order chi connectivity index (χ0) is 16.2. The fraction of sp³-hybridized carbons (Fsp3) is 0.235. The smallest absolute Gasteiger partial charge is 0.226 e. The number of nitrogens with zero attached hydrogens (tertiary/aromatic N) is 2. The van der Waals surface area contributed by atoms with E-state index >= 15 is 0 Å². The van der Waals surface area contributed by atoms with Crippen LogP contribution in [0.1, 0.15) is 22.6 Å². The molecule has 0 saturated carbocycles. The van der Waals surface area contributed by atoms with Gasteiger partial charge in [0.25, 0.3) is 0 Å². The third-order valence-electron chi connectivity index (χ3n) is 3.66. The number of oxazole rings is 1. The molecule has 0 aliphatic heterocycles. The highest BCUT2D eigenvalue weighted by atomic mass is 16.3. The van der Waals surface area contributed by atoms with E-state index in [9.17, 15) is 4.79 Å². The molecule has 2 heterocycles. The van der Waals surface area contributed by atoms with Gasteiger partial charge in [-0.05, 0) is 26.0 Å². The molecule has 118 valence electrons. The summed E-state index contributed by atoms with van der Waals surface area (Å²) < 4.78 is 5.43. The van der Waals surface area contributed by atoms with E-state index in [0.29, 0.717) is 18.1 Å². The van der Waals surface area contributed by atoms with E-state index in [1.165, 1.54) is 6.26 Å². The predicted molar refractivity (Wildman–Crippen MR) is 85.6 cm³/mol. The maximum Gasteiger partial charge on any atom is 0.226 e. The number of benzene rings is 1. The van der Waals surface area contributed by atoms with E-state index in [1.807, 2.05) is 44.2 Å². The van der Waals surface area contributed by atoms with Crippen LogP contribution in [0.2, 0.25) is 0 Å². The normalized spacial score (nSPS) is 10.7. The van der Waals surface area contributed by atoms with Gasteiger partial charge >= 0.3 is 0 Å². The summed E-state index contributed by atoms with van der Waals surface area (Å²) in [5.41, 5.74) is 4.39. The van der Waals surface area contributed by atoms with Crippen molar-refractivity contribution < 1.29 is 9.21 Å². The Morgan fingerprint density at radius 1 is 1.26 bits per heavy atom. The number of carbonyl (C=O) groups is 1. The summed E-state index contributed by atoms with van der Waals surface area (Å²) in [6, 6.07) is 9.60. The van der Waals surface area contributed by atoms with Crippen molar-refractivity contribution in [1.29, 1.82) is 0 Å². The number of rotatable bonds is 5. The van der Waals surface area contributed by atoms with Gasteiger partial charge in [-0.25, -0.2) is 4.98 Å². The van der Waals surface area contributed by atoms with E-state index in [0.717, 1.165) is 22.5 Å². The summed E-state index contributed by atoms with van der Waals surface area (Å²) in [5, 5.41) is 9.90. The summed E-state index contributed by atoms with van der Waals surface area (Å²) in [6.45, 7) is 4.30. The van der Waals surface area contributed by atoms with Crippen LogP contribution in [0.4, 0.5) is 0 Å². The second kappa shape index (κ2) is 6.48. The Kier molecular flexibility index (Phi) is 4.23. The van der Waals surface area contributed by atoms with Gasteiger partial charge in [0.1, 0.15) is 6.26 Å². The number of aromatic nitrogens is 3. The van der Waals surface area contributed by atoms with Gasteiger partial charge in [0.05, 0.1) is 17.8 Å². The van der Waals surface area contributed by atoms with Gasteiger partial charge in [0, 0.05) is 23.4 Å². The van der Waals surface area contributed by atoms with Crippen molar-refractivity contribution in [3.8, 4) is 11.5 Å². The number of H-pyrrole nitrogens is 1. The molecule has 0 bridgehead atoms. The number of aromatic amines is 1. The fourth-order valence-corrected chi connectivity index (χ4v) is 2.35. The first kappa shape index (κ1) is 15.0. The molecule has 6 heteroatoms. The van der Waals surface area contributed by atoms with Crippen molar-refractivity contribution in [3.05, 3.63) is 59.2 Å². The molecule has 6 nitrogen and oxygen atoms in total. The van der Waals surface area contributed by atoms with E-state index in [1.54, 1.807) is 0 Å². The van der Waals surface area contributed by atoms with Gasteiger partial charge < -0.3 is 9.73 Å². The van der Waals surface area contributed by atoms with Gasteiger partial charge in [-0.15, -0.1) is 0 Å². The Bertz CT molecular complexity index is 786. The number of nitrogens with one attached hydrogen (secondary N) is 2. The second-order valence-corrected chi connectivity index (χ2v) is 5.38. The highest BCUT2D eigenvalue weighted by Crippen LogP contribution is 2.18. The molecule has 0 aliphatic carbocycles. The molecule has 2 aromatic heterocycles. The third-order valence-corrected chi connectivity index (χ3v) is 3.66. The minimum atomic E-state index is -0.0992. The molecule has 0 saturated heterocycles. The van der Waals surface area contributed by atoms with Crippen LogP contribution in [0.3, 0.4) is 0 Å². The lowest BCUT2D eigenvalue weighted by molar-refractivity contribution is -0.120. The van der Waals surface area contributed by atoms with Crippen molar-refractivity contribution in [2.75, 3.05) is 0 Å². The number of aryl methyl sites for hydroxylation is 2.